The van der Waals surface area contributed by atoms with Crippen LogP contribution in [0, 0.1) is 6.92 Å². The van der Waals surface area contributed by atoms with Crippen LogP contribution in [-0.4, -0.2) is 17.9 Å². The Morgan fingerprint density at radius 2 is 1.80 bits per heavy atom. The molecule has 0 amide bonds. The van der Waals surface area contributed by atoms with Crippen LogP contribution in [0.4, 0.5) is 0 Å². The minimum Gasteiger partial charge on any atom is -0.481 e. The molecule has 0 fully saturated rings. The molecule has 1 aromatic heterocycles. The first-order valence-corrected chi connectivity index (χ1v) is 5.00. The van der Waals surface area contributed by atoms with Crippen molar-refractivity contribution in [3.8, 4) is 5.88 Å². The van der Waals surface area contributed by atoms with Crippen LogP contribution < -0.4 is 4.74 Å². The van der Waals surface area contributed by atoms with Crippen LogP contribution in [0.5, 0.6) is 5.88 Å². The molecule has 0 aliphatic heterocycles. The van der Waals surface area contributed by atoms with Gasteiger partial charge < -0.3 is 9.53 Å². The quantitative estimate of drug-likeness (QED) is 0.716. The number of pyridine rings is 1. The summed E-state index contributed by atoms with van der Waals surface area (Å²) in [6.07, 6.45) is 1.71. The maximum atomic E-state index is 9.44. The minimum absolute atomic E-state index is 0.167. The Bertz CT molecular complexity index is 268. The highest BCUT2D eigenvalue weighted by atomic mass is 16.5. The zero-order chi connectivity index (χ0) is 12.3. The van der Waals surface area contributed by atoms with Crippen LogP contribution in [0.2, 0.25) is 0 Å². The molecule has 0 aliphatic rings. The van der Waals surface area contributed by atoms with Crippen molar-refractivity contribution < 1.29 is 9.53 Å². The van der Waals surface area contributed by atoms with Gasteiger partial charge in [0, 0.05) is 11.8 Å². The van der Waals surface area contributed by atoms with E-state index < -0.39 is 0 Å². The molecule has 86 valence electrons. The molecule has 1 heterocycles. The van der Waals surface area contributed by atoms with Gasteiger partial charge in [0.05, 0.1) is 7.11 Å². The van der Waals surface area contributed by atoms with Crippen LogP contribution in [0.15, 0.2) is 18.3 Å². The maximum absolute atomic E-state index is 9.44. The summed E-state index contributed by atoms with van der Waals surface area (Å²) in [6.45, 7) is 9.02. The number of carbonyl (C=O) groups is 1. The Balaban J connectivity index is 0. The molecule has 0 unspecified atom stereocenters. The largest absolute Gasteiger partial charge is 0.481 e. The number of ether oxygens (including phenoxy) is 1. The number of aryl methyl sites for hydroxylation is 1. The van der Waals surface area contributed by atoms with E-state index in [2.05, 4.69) is 4.98 Å². The lowest BCUT2D eigenvalue weighted by molar-refractivity contribution is -0.114. The lowest BCUT2D eigenvalue weighted by atomic mass is 10.3. The van der Waals surface area contributed by atoms with E-state index in [0.29, 0.717) is 5.88 Å². The van der Waals surface area contributed by atoms with Gasteiger partial charge in [-0.1, -0.05) is 19.9 Å². The molecule has 0 aliphatic carbocycles. The van der Waals surface area contributed by atoms with Crippen molar-refractivity contribution in [2.75, 3.05) is 7.11 Å². The summed E-state index contributed by atoms with van der Waals surface area (Å²) in [6, 6.07) is 3.85. The van der Waals surface area contributed by atoms with Gasteiger partial charge in [0.15, 0.2) is 0 Å². The van der Waals surface area contributed by atoms with E-state index in [9.17, 15) is 4.79 Å². The number of carbonyl (C=O) groups excluding carboxylic acids is 1. The highest BCUT2D eigenvalue weighted by Gasteiger charge is 1.92. The van der Waals surface area contributed by atoms with E-state index in [4.69, 9.17) is 4.74 Å². The van der Waals surface area contributed by atoms with Crippen LogP contribution in [0.25, 0.3) is 0 Å². The van der Waals surface area contributed by atoms with Gasteiger partial charge in [-0.3, -0.25) is 0 Å². The number of methoxy groups -OCH3 is 1. The van der Waals surface area contributed by atoms with E-state index >= 15 is 0 Å². The molecule has 0 saturated heterocycles. The molecule has 0 bridgehead atoms. The average molecular weight is 211 g/mol. The molecule has 0 N–H and O–H groups in total. The van der Waals surface area contributed by atoms with E-state index in [0.717, 1.165) is 5.56 Å². The third kappa shape index (κ3) is 10.5. The van der Waals surface area contributed by atoms with Crippen molar-refractivity contribution in [2.24, 2.45) is 0 Å². The molecule has 0 spiro atoms. The van der Waals surface area contributed by atoms with Gasteiger partial charge in [-0.2, -0.15) is 0 Å². The van der Waals surface area contributed by atoms with Crippen molar-refractivity contribution in [1.29, 1.82) is 0 Å². The number of aromatic nitrogens is 1. The molecule has 0 aromatic carbocycles. The Morgan fingerprint density at radius 1 is 1.33 bits per heavy atom. The monoisotopic (exact) mass is 211 g/mol. The second kappa shape index (κ2) is 10.7. The fourth-order valence-electron chi connectivity index (χ4n) is 0.685. The average Bonchev–Trinajstić information content (AvgIpc) is 2.21. The fraction of sp³-hybridized carbons (Fsp3) is 0.500. The summed E-state index contributed by atoms with van der Waals surface area (Å²) in [7, 11) is 1.62. The summed E-state index contributed by atoms with van der Waals surface area (Å²) in [4.78, 5) is 13.4. The number of hydrogen-bond acceptors (Lipinski definition) is 3. The zero-order valence-electron chi connectivity index (χ0n) is 10.5. The van der Waals surface area contributed by atoms with Gasteiger partial charge >= 0.3 is 0 Å². The van der Waals surface area contributed by atoms with Crippen LogP contribution in [-0.2, 0) is 4.79 Å². The minimum atomic E-state index is 0.167. The first kappa shape index (κ1) is 16.1. The summed E-state index contributed by atoms with van der Waals surface area (Å²) in [5.41, 5.74) is 1.07. The van der Waals surface area contributed by atoms with Gasteiger partial charge in [0.2, 0.25) is 5.88 Å². The van der Waals surface area contributed by atoms with Gasteiger partial charge in [-0.15, -0.1) is 0 Å². The number of Topliss-reactive ketones (excluding diaryl/α,β-unsaturated/α-hetero) is 1. The second-order valence-corrected chi connectivity index (χ2v) is 2.74. The van der Waals surface area contributed by atoms with Crippen molar-refractivity contribution in [2.45, 2.75) is 34.6 Å². The first-order valence-electron chi connectivity index (χ1n) is 5.00. The predicted octanol–water partition coefficient (Wildman–Crippen LogP) is 3.02. The molecule has 3 heteroatoms. The third-order valence-corrected chi connectivity index (χ3v) is 1.15. The summed E-state index contributed by atoms with van der Waals surface area (Å²) in [5, 5.41) is 0. The molecule has 15 heavy (non-hydrogen) atoms. The molecule has 1 aromatic rings. The van der Waals surface area contributed by atoms with Crippen molar-refractivity contribution in [3.63, 3.8) is 0 Å². The lowest BCUT2D eigenvalue weighted by Gasteiger charge is -1.99. The molecule has 3 nitrogen and oxygen atoms in total. The first-order chi connectivity index (χ1) is 7.07. The molecule has 1 rings (SSSR count). The van der Waals surface area contributed by atoms with Gasteiger partial charge in [-0.25, -0.2) is 4.98 Å². The highest BCUT2D eigenvalue weighted by molar-refractivity contribution is 5.72. The van der Waals surface area contributed by atoms with E-state index in [1.807, 2.05) is 32.9 Å². The third-order valence-electron chi connectivity index (χ3n) is 1.15. The SMILES string of the molecule is CC.CC(C)=O.COc1ncccc1C. The van der Waals surface area contributed by atoms with Crippen LogP contribution in [0.1, 0.15) is 33.3 Å². The number of rotatable bonds is 1. The Morgan fingerprint density at radius 3 is 2.07 bits per heavy atom. The van der Waals surface area contributed by atoms with E-state index in [1.54, 1.807) is 13.3 Å². The van der Waals surface area contributed by atoms with E-state index in [1.165, 1.54) is 13.8 Å². The molecular formula is C12H21NO2. The summed E-state index contributed by atoms with van der Waals surface area (Å²) < 4.78 is 4.93. The molecular weight excluding hydrogens is 190 g/mol. The number of nitrogens with zero attached hydrogens (tertiary/aromatic N) is 1. The molecule has 0 atom stereocenters. The maximum Gasteiger partial charge on any atom is 0.215 e. The number of hydrogen-bond donors (Lipinski definition) is 0. The smallest absolute Gasteiger partial charge is 0.215 e. The topological polar surface area (TPSA) is 39.2 Å². The Kier molecular flexibility index (Phi) is 11.5. The van der Waals surface area contributed by atoms with Crippen LogP contribution in [0.3, 0.4) is 0 Å². The van der Waals surface area contributed by atoms with Gasteiger partial charge in [0.25, 0.3) is 0 Å². The fourth-order valence-corrected chi connectivity index (χ4v) is 0.685. The van der Waals surface area contributed by atoms with Gasteiger partial charge in [-0.05, 0) is 26.8 Å². The zero-order valence-corrected chi connectivity index (χ0v) is 10.5. The van der Waals surface area contributed by atoms with Crippen LogP contribution >= 0.6 is 0 Å². The van der Waals surface area contributed by atoms with Crippen molar-refractivity contribution >= 4 is 5.78 Å². The molecule has 0 radical (unpaired) electrons. The standard InChI is InChI=1S/C7H9NO.C3H6O.C2H6/c1-6-4-3-5-8-7(6)9-2;1-3(2)4;1-2/h3-5H,1-2H3;1-2H3;1-2H3. The Hall–Kier alpha value is -1.38. The second-order valence-electron chi connectivity index (χ2n) is 2.74. The predicted molar refractivity (Wildman–Crippen MR) is 63.2 cm³/mol. The lowest BCUT2D eigenvalue weighted by Crippen LogP contribution is -1.88. The Labute approximate surface area is 92.5 Å². The van der Waals surface area contributed by atoms with Crippen molar-refractivity contribution in [3.05, 3.63) is 23.9 Å². The normalized spacial score (nSPS) is 7.60. The summed E-state index contributed by atoms with van der Waals surface area (Å²) in [5.74, 6) is 0.873. The number of ketones is 1. The van der Waals surface area contributed by atoms with Crippen molar-refractivity contribution in [1.82, 2.24) is 4.98 Å². The van der Waals surface area contributed by atoms with E-state index in [-0.39, 0.29) is 5.78 Å². The molecule has 0 saturated carbocycles. The summed E-state index contributed by atoms with van der Waals surface area (Å²) >= 11 is 0. The highest BCUT2D eigenvalue weighted by Crippen LogP contribution is 2.09. The van der Waals surface area contributed by atoms with Gasteiger partial charge in [0.1, 0.15) is 5.78 Å².